The van der Waals surface area contributed by atoms with Gasteiger partial charge in [-0.1, -0.05) is 6.42 Å². The average Bonchev–Trinajstić information content (AvgIpc) is 2.92. The monoisotopic (exact) mass is 224 g/mol. The zero-order valence-electron chi connectivity index (χ0n) is 10.2. The fourth-order valence-electron chi connectivity index (χ4n) is 3.73. The van der Waals surface area contributed by atoms with Gasteiger partial charge in [-0.2, -0.15) is 0 Å². The van der Waals surface area contributed by atoms with Crippen LogP contribution in [0.2, 0.25) is 0 Å². The third kappa shape index (κ3) is 2.41. The Morgan fingerprint density at radius 1 is 1.12 bits per heavy atom. The molecule has 2 saturated carbocycles. The second kappa shape index (κ2) is 5.03. The summed E-state index contributed by atoms with van der Waals surface area (Å²) in [6.07, 6.45) is 5.95. The molecular weight excluding hydrogens is 200 g/mol. The van der Waals surface area contributed by atoms with Gasteiger partial charge in [-0.25, -0.2) is 0 Å². The third-order valence-corrected chi connectivity index (χ3v) is 4.68. The van der Waals surface area contributed by atoms with Crippen molar-refractivity contribution in [2.75, 3.05) is 39.4 Å². The van der Waals surface area contributed by atoms with Gasteiger partial charge in [-0.05, 0) is 31.1 Å². The van der Waals surface area contributed by atoms with E-state index in [2.05, 4.69) is 10.2 Å². The number of nitrogens with one attached hydrogen (secondary N) is 1. The lowest BCUT2D eigenvalue weighted by Crippen LogP contribution is -2.43. The highest BCUT2D eigenvalue weighted by Crippen LogP contribution is 2.44. The molecule has 1 heterocycles. The fourth-order valence-corrected chi connectivity index (χ4v) is 3.73. The van der Waals surface area contributed by atoms with Crippen LogP contribution in [0.1, 0.15) is 25.7 Å². The van der Waals surface area contributed by atoms with Crippen molar-refractivity contribution >= 4 is 0 Å². The van der Waals surface area contributed by atoms with E-state index in [9.17, 15) is 0 Å². The van der Waals surface area contributed by atoms with E-state index in [1.54, 1.807) is 0 Å². The maximum Gasteiger partial charge on any atom is 0.0594 e. The largest absolute Gasteiger partial charge is 0.379 e. The van der Waals surface area contributed by atoms with Crippen molar-refractivity contribution in [1.82, 2.24) is 10.2 Å². The Kier molecular flexibility index (Phi) is 3.46. The minimum absolute atomic E-state index is 0.847. The summed E-state index contributed by atoms with van der Waals surface area (Å²) in [5.41, 5.74) is 0. The summed E-state index contributed by atoms with van der Waals surface area (Å²) in [7, 11) is 0. The molecule has 3 heteroatoms. The molecule has 2 bridgehead atoms. The lowest BCUT2D eigenvalue weighted by atomic mass is 9.95. The molecule has 1 saturated heterocycles. The normalized spacial score (nSPS) is 39.4. The molecule has 0 aromatic rings. The molecule has 0 aromatic carbocycles. The molecule has 0 aromatic heterocycles. The summed E-state index contributed by atoms with van der Waals surface area (Å²) >= 11 is 0. The number of hydrogen-bond acceptors (Lipinski definition) is 3. The van der Waals surface area contributed by atoms with E-state index in [0.717, 1.165) is 44.2 Å². The number of nitrogens with zero attached hydrogens (tertiary/aromatic N) is 1. The molecule has 1 aliphatic heterocycles. The van der Waals surface area contributed by atoms with E-state index in [-0.39, 0.29) is 0 Å². The third-order valence-electron chi connectivity index (χ3n) is 4.68. The highest BCUT2D eigenvalue weighted by Gasteiger charge is 2.38. The molecule has 92 valence electrons. The van der Waals surface area contributed by atoms with Gasteiger partial charge >= 0.3 is 0 Å². The highest BCUT2D eigenvalue weighted by atomic mass is 16.5. The van der Waals surface area contributed by atoms with Crippen molar-refractivity contribution in [1.29, 1.82) is 0 Å². The van der Waals surface area contributed by atoms with Gasteiger partial charge in [0.25, 0.3) is 0 Å². The summed E-state index contributed by atoms with van der Waals surface area (Å²) in [5.74, 6) is 2.07. The molecule has 0 unspecified atom stereocenters. The molecule has 3 rings (SSSR count). The molecule has 1 N–H and O–H groups in total. The van der Waals surface area contributed by atoms with Gasteiger partial charge in [0, 0.05) is 32.2 Å². The highest BCUT2D eigenvalue weighted by molar-refractivity contribution is 4.94. The average molecular weight is 224 g/mol. The van der Waals surface area contributed by atoms with Crippen molar-refractivity contribution in [3.63, 3.8) is 0 Å². The molecule has 3 aliphatic rings. The Balaban J connectivity index is 1.34. The van der Waals surface area contributed by atoms with Gasteiger partial charge in [-0.3, -0.25) is 4.90 Å². The predicted molar refractivity (Wildman–Crippen MR) is 64.5 cm³/mol. The second-order valence-corrected chi connectivity index (χ2v) is 5.69. The zero-order chi connectivity index (χ0) is 10.8. The first-order valence-corrected chi connectivity index (χ1v) is 6.95. The summed E-state index contributed by atoms with van der Waals surface area (Å²) in [4.78, 5) is 2.52. The summed E-state index contributed by atoms with van der Waals surface area (Å²) in [6.45, 7) is 6.48. The standard InChI is InChI=1S/C13H24N2O/c1-2-12-9-11(1)10-13(12)14-3-4-15-5-7-16-8-6-15/h11-14H,1-10H2/t11-,12+,13-/m0/s1. The van der Waals surface area contributed by atoms with Gasteiger partial charge in [0.2, 0.25) is 0 Å². The Hall–Kier alpha value is -0.120. The van der Waals surface area contributed by atoms with Gasteiger partial charge in [0.1, 0.15) is 0 Å². The molecular formula is C13H24N2O. The van der Waals surface area contributed by atoms with Crippen LogP contribution in [-0.4, -0.2) is 50.3 Å². The maximum absolute atomic E-state index is 5.36. The number of rotatable bonds is 4. The summed E-state index contributed by atoms with van der Waals surface area (Å²) in [5, 5.41) is 3.78. The van der Waals surface area contributed by atoms with Gasteiger partial charge < -0.3 is 10.1 Å². The quantitative estimate of drug-likeness (QED) is 0.774. The van der Waals surface area contributed by atoms with Crippen molar-refractivity contribution in [2.24, 2.45) is 11.8 Å². The van der Waals surface area contributed by atoms with Crippen LogP contribution in [0.3, 0.4) is 0 Å². The van der Waals surface area contributed by atoms with Crippen LogP contribution < -0.4 is 5.32 Å². The van der Waals surface area contributed by atoms with Crippen LogP contribution in [-0.2, 0) is 4.74 Å². The van der Waals surface area contributed by atoms with E-state index in [1.165, 1.54) is 38.8 Å². The number of ether oxygens (including phenoxy) is 1. The van der Waals surface area contributed by atoms with E-state index in [4.69, 9.17) is 4.74 Å². The zero-order valence-corrected chi connectivity index (χ0v) is 10.2. The van der Waals surface area contributed by atoms with E-state index in [1.807, 2.05) is 0 Å². The first-order chi connectivity index (χ1) is 7.92. The summed E-state index contributed by atoms with van der Waals surface area (Å²) in [6, 6.07) is 0.847. The molecule has 16 heavy (non-hydrogen) atoms. The van der Waals surface area contributed by atoms with Crippen LogP contribution in [0.5, 0.6) is 0 Å². The fraction of sp³-hybridized carbons (Fsp3) is 1.00. The smallest absolute Gasteiger partial charge is 0.0594 e. The van der Waals surface area contributed by atoms with Crippen molar-refractivity contribution in [2.45, 2.75) is 31.7 Å². The minimum atomic E-state index is 0.847. The number of hydrogen-bond donors (Lipinski definition) is 1. The molecule has 3 atom stereocenters. The lowest BCUT2D eigenvalue weighted by Gasteiger charge is -2.28. The molecule has 3 fully saturated rings. The molecule has 3 nitrogen and oxygen atoms in total. The topological polar surface area (TPSA) is 24.5 Å². The lowest BCUT2D eigenvalue weighted by molar-refractivity contribution is 0.0379. The molecule has 0 radical (unpaired) electrons. The van der Waals surface area contributed by atoms with Crippen molar-refractivity contribution < 1.29 is 4.74 Å². The van der Waals surface area contributed by atoms with E-state index >= 15 is 0 Å². The number of morpholine rings is 1. The SMILES string of the molecule is C(CN1CCOCC1)N[C@H]1C[C@H]2CC[C@@H]1C2. The maximum atomic E-state index is 5.36. The van der Waals surface area contributed by atoms with Gasteiger partial charge in [0.05, 0.1) is 13.2 Å². The Bertz CT molecular complexity index is 228. The number of fused-ring (bicyclic) bond motifs is 2. The van der Waals surface area contributed by atoms with E-state index in [0.29, 0.717) is 0 Å². The first-order valence-electron chi connectivity index (χ1n) is 6.95. The van der Waals surface area contributed by atoms with Crippen LogP contribution >= 0.6 is 0 Å². The van der Waals surface area contributed by atoms with Crippen LogP contribution in [0.15, 0.2) is 0 Å². The molecule has 2 aliphatic carbocycles. The van der Waals surface area contributed by atoms with Crippen molar-refractivity contribution in [3.8, 4) is 0 Å². The molecule has 0 spiro atoms. The Morgan fingerprint density at radius 2 is 2.00 bits per heavy atom. The Morgan fingerprint density at radius 3 is 2.69 bits per heavy atom. The van der Waals surface area contributed by atoms with Crippen LogP contribution in [0.25, 0.3) is 0 Å². The molecule has 0 amide bonds. The van der Waals surface area contributed by atoms with Crippen LogP contribution in [0, 0.1) is 11.8 Å². The van der Waals surface area contributed by atoms with Gasteiger partial charge in [0.15, 0.2) is 0 Å². The van der Waals surface area contributed by atoms with E-state index < -0.39 is 0 Å². The van der Waals surface area contributed by atoms with Crippen molar-refractivity contribution in [3.05, 3.63) is 0 Å². The predicted octanol–water partition coefficient (Wildman–Crippen LogP) is 1.10. The minimum Gasteiger partial charge on any atom is -0.379 e. The van der Waals surface area contributed by atoms with Gasteiger partial charge in [-0.15, -0.1) is 0 Å². The summed E-state index contributed by atoms with van der Waals surface area (Å²) < 4.78 is 5.36. The second-order valence-electron chi connectivity index (χ2n) is 5.69. The first kappa shape index (κ1) is 11.0. The van der Waals surface area contributed by atoms with Crippen LogP contribution in [0.4, 0.5) is 0 Å². The Labute approximate surface area is 98.5 Å².